The lowest BCUT2D eigenvalue weighted by Gasteiger charge is -2.15. The lowest BCUT2D eigenvalue weighted by atomic mass is 10.2. The second-order valence-corrected chi connectivity index (χ2v) is 6.41. The highest BCUT2D eigenvalue weighted by molar-refractivity contribution is 7.89. The predicted molar refractivity (Wildman–Crippen MR) is 78.8 cm³/mol. The Bertz CT molecular complexity index is 705. The molecule has 1 heterocycles. The Balaban J connectivity index is 2.30. The fourth-order valence-electron chi connectivity index (χ4n) is 1.72. The molecule has 0 radical (unpaired) electrons. The summed E-state index contributed by atoms with van der Waals surface area (Å²) >= 11 is 5.92. The summed E-state index contributed by atoms with van der Waals surface area (Å²) in [5.74, 6) is 0. The van der Waals surface area contributed by atoms with E-state index in [9.17, 15) is 8.42 Å². The number of pyridine rings is 1. The minimum absolute atomic E-state index is 0.0325. The molecule has 0 bridgehead atoms. The topological polar surface area (TPSA) is 85.1 Å². The van der Waals surface area contributed by atoms with Gasteiger partial charge in [-0.2, -0.15) is 0 Å². The zero-order chi connectivity index (χ0) is 14.8. The lowest BCUT2D eigenvalue weighted by Crippen LogP contribution is -2.27. The summed E-state index contributed by atoms with van der Waals surface area (Å²) in [5, 5.41) is 0.130. The second-order valence-electron chi connectivity index (χ2n) is 4.32. The van der Waals surface area contributed by atoms with Crippen LogP contribution in [-0.2, 0) is 10.0 Å². The van der Waals surface area contributed by atoms with Crippen LogP contribution in [-0.4, -0.2) is 13.4 Å². The number of anilines is 1. The molecule has 0 aliphatic rings. The van der Waals surface area contributed by atoms with E-state index < -0.39 is 16.1 Å². The van der Waals surface area contributed by atoms with Crippen molar-refractivity contribution in [3.8, 4) is 0 Å². The van der Waals surface area contributed by atoms with Gasteiger partial charge in [-0.1, -0.05) is 17.7 Å². The van der Waals surface area contributed by atoms with Crippen LogP contribution in [0.1, 0.15) is 18.5 Å². The smallest absolute Gasteiger partial charge is 0.242 e. The highest BCUT2D eigenvalue weighted by Gasteiger charge is 2.21. The number of nitrogens with zero attached hydrogens (tertiary/aromatic N) is 1. The maximum atomic E-state index is 12.3. The van der Waals surface area contributed by atoms with Gasteiger partial charge in [-0.05, 0) is 36.8 Å². The van der Waals surface area contributed by atoms with Crippen LogP contribution < -0.4 is 10.5 Å². The molecule has 0 amide bonds. The Labute approximate surface area is 122 Å². The molecule has 0 aliphatic heterocycles. The van der Waals surface area contributed by atoms with Gasteiger partial charge < -0.3 is 5.73 Å². The number of benzene rings is 1. The van der Waals surface area contributed by atoms with Crippen LogP contribution in [0.2, 0.25) is 5.02 Å². The SMILES string of the molecule is CC(NS(=O)(=O)c1cc(N)ccc1Cl)c1cccnc1. The molecule has 7 heteroatoms. The van der Waals surface area contributed by atoms with Crippen molar-refractivity contribution in [1.82, 2.24) is 9.71 Å². The standard InChI is InChI=1S/C13H14ClN3O2S/c1-9(10-3-2-6-16-8-10)17-20(18,19)13-7-11(15)4-5-12(13)14/h2-9,17H,15H2,1H3. The van der Waals surface area contributed by atoms with Gasteiger partial charge in [0.25, 0.3) is 0 Å². The van der Waals surface area contributed by atoms with Crippen molar-refractivity contribution in [3.05, 3.63) is 53.3 Å². The predicted octanol–water partition coefficient (Wildman–Crippen LogP) is 2.36. The van der Waals surface area contributed by atoms with Gasteiger partial charge >= 0.3 is 0 Å². The summed E-state index contributed by atoms with van der Waals surface area (Å²) in [7, 11) is -3.75. The van der Waals surface area contributed by atoms with Crippen LogP contribution in [0, 0.1) is 0 Å². The zero-order valence-electron chi connectivity index (χ0n) is 10.7. The fourth-order valence-corrected chi connectivity index (χ4v) is 3.49. The van der Waals surface area contributed by atoms with E-state index in [1.54, 1.807) is 37.5 Å². The molecule has 0 saturated heterocycles. The van der Waals surface area contributed by atoms with E-state index in [0.29, 0.717) is 5.69 Å². The third-order valence-electron chi connectivity index (χ3n) is 2.76. The summed E-state index contributed by atoms with van der Waals surface area (Å²) in [6.45, 7) is 1.73. The van der Waals surface area contributed by atoms with E-state index in [0.717, 1.165) is 5.56 Å². The van der Waals surface area contributed by atoms with Crippen LogP contribution in [0.25, 0.3) is 0 Å². The van der Waals surface area contributed by atoms with Gasteiger partial charge in [0.15, 0.2) is 0 Å². The van der Waals surface area contributed by atoms with Crippen molar-refractivity contribution in [2.45, 2.75) is 17.9 Å². The van der Waals surface area contributed by atoms with Gasteiger partial charge in [-0.25, -0.2) is 13.1 Å². The van der Waals surface area contributed by atoms with Gasteiger partial charge in [0.1, 0.15) is 4.90 Å². The first-order valence-corrected chi connectivity index (χ1v) is 7.73. The zero-order valence-corrected chi connectivity index (χ0v) is 12.3. The molecule has 1 atom stereocenters. The van der Waals surface area contributed by atoms with E-state index in [4.69, 9.17) is 17.3 Å². The Morgan fingerprint density at radius 3 is 2.75 bits per heavy atom. The van der Waals surface area contributed by atoms with Crippen LogP contribution in [0.4, 0.5) is 5.69 Å². The molecule has 20 heavy (non-hydrogen) atoms. The summed E-state index contributed by atoms with van der Waals surface area (Å²) < 4.78 is 27.2. The van der Waals surface area contributed by atoms with Crippen molar-refractivity contribution in [2.75, 3.05) is 5.73 Å². The number of hydrogen-bond donors (Lipinski definition) is 2. The van der Waals surface area contributed by atoms with E-state index in [1.807, 2.05) is 0 Å². The number of nitrogen functional groups attached to an aromatic ring is 1. The molecule has 1 unspecified atom stereocenters. The number of nitrogens with two attached hydrogens (primary N) is 1. The number of rotatable bonds is 4. The number of sulfonamides is 1. The summed E-state index contributed by atoms with van der Waals surface area (Å²) in [6.07, 6.45) is 3.23. The summed E-state index contributed by atoms with van der Waals surface area (Å²) in [6, 6.07) is 7.45. The van der Waals surface area contributed by atoms with Crippen LogP contribution in [0.5, 0.6) is 0 Å². The first-order valence-electron chi connectivity index (χ1n) is 5.87. The molecule has 0 aliphatic carbocycles. The molecule has 0 fully saturated rings. The van der Waals surface area contributed by atoms with Gasteiger partial charge in [0.05, 0.1) is 5.02 Å². The van der Waals surface area contributed by atoms with E-state index in [2.05, 4.69) is 9.71 Å². The molecule has 2 aromatic rings. The van der Waals surface area contributed by atoms with E-state index in [1.165, 1.54) is 12.1 Å². The molecule has 3 N–H and O–H groups in total. The van der Waals surface area contributed by atoms with Crippen molar-refractivity contribution >= 4 is 27.3 Å². The monoisotopic (exact) mass is 311 g/mol. The number of hydrogen-bond acceptors (Lipinski definition) is 4. The summed E-state index contributed by atoms with van der Waals surface area (Å²) in [4.78, 5) is 3.93. The Hall–Kier alpha value is -1.63. The minimum Gasteiger partial charge on any atom is -0.399 e. The quantitative estimate of drug-likeness (QED) is 0.849. The highest BCUT2D eigenvalue weighted by Crippen LogP contribution is 2.25. The molecule has 106 valence electrons. The van der Waals surface area contributed by atoms with Crippen molar-refractivity contribution in [2.24, 2.45) is 0 Å². The molecule has 0 spiro atoms. The average molecular weight is 312 g/mol. The first kappa shape index (κ1) is 14.8. The molecule has 1 aromatic heterocycles. The fraction of sp³-hybridized carbons (Fsp3) is 0.154. The molecule has 2 rings (SSSR count). The van der Waals surface area contributed by atoms with Crippen molar-refractivity contribution in [1.29, 1.82) is 0 Å². The Morgan fingerprint density at radius 1 is 1.35 bits per heavy atom. The normalized spacial score (nSPS) is 13.1. The highest BCUT2D eigenvalue weighted by atomic mass is 35.5. The molecule has 1 aromatic carbocycles. The number of aromatic nitrogens is 1. The van der Waals surface area contributed by atoms with Crippen LogP contribution in [0.15, 0.2) is 47.6 Å². The Morgan fingerprint density at radius 2 is 2.10 bits per heavy atom. The second kappa shape index (κ2) is 5.78. The van der Waals surface area contributed by atoms with Crippen LogP contribution in [0.3, 0.4) is 0 Å². The van der Waals surface area contributed by atoms with Gasteiger partial charge in [-0.3, -0.25) is 4.98 Å². The van der Waals surface area contributed by atoms with Crippen molar-refractivity contribution < 1.29 is 8.42 Å². The van der Waals surface area contributed by atoms with Crippen molar-refractivity contribution in [3.63, 3.8) is 0 Å². The van der Waals surface area contributed by atoms with Gasteiger partial charge in [-0.15, -0.1) is 0 Å². The van der Waals surface area contributed by atoms with Gasteiger partial charge in [0, 0.05) is 24.1 Å². The third kappa shape index (κ3) is 3.27. The Kier molecular flexibility index (Phi) is 4.27. The minimum atomic E-state index is -3.75. The maximum Gasteiger partial charge on any atom is 0.242 e. The molecular weight excluding hydrogens is 298 g/mol. The number of nitrogens with one attached hydrogen (secondary N) is 1. The molecule has 5 nitrogen and oxygen atoms in total. The molecular formula is C13H14ClN3O2S. The largest absolute Gasteiger partial charge is 0.399 e. The van der Waals surface area contributed by atoms with Gasteiger partial charge in [0.2, 0.25) is 10.0 Å². The van der Waals surface area contributed by atoms with E-state index in [-0.39, 0.29) is 9.92 Å². The van der Waals surface area contributed by atoms with Crippen LogP contribution >= 0.6 is 11.6 Å². The number of halogens is 1. The third-order valence-corrected chi connectivity index (χ3v) is 4.78. The van der Waals surface area contributed by atoms with E-state index >= 15 is 0 Å². The first-order chi connectivity index (χ1) is 9.40. The summed E-state index contributed by atoms with van der Waals surface area (Å²) in [5.41, 5.74) is 6.70. The maximum absolute atomic E-state index is 12.3. The average Bonchev–Trinajstić information content (AvgIpc) is 2.42. The molecule has 0 saturated carbocycles. The lowest BCUT2D eigenvalue weighted by molar-refractivity contribution is 0.566.